The first-order valence-electron chi connectivity index (χ1n) is 12.0. The Morgan fingerprint density at radius 1 is 0.972 bits per heavy atom. The molecule has 0 aliphatic carbocycles. The Hall–Kier alpha value is -3.74. The fourth-order valence-electron chi connectivity index (χ4n) is 4.29. The van der Waals surface area contributed by atoms with Crippen molar-refractivity contribution >= 4 is 18.1 Å². The number of benzene rings is 3. The lowest BCUT2D eigenvalue weighted by atomic mass is 9.91. The molecule has 3 aromatic rings. The van der Waals surface area contributed by atoms with Crippen molar-refractivity contribution in [1.29, 1.82) is 0 Å². The minimum absolute atomic E-state index is 0.100. The van der Waals surface area contributed by atoms with Gasteiger partial charge >= 0.3 is 6.09 Å². The lowest BCUT2D eigenvalue weighted by Gasteiger charge is -2.31. The minimum Gasteiger partial charge on any atom is -0.441 e. The molecule has 0 bridgehead atoms. The highest BCUT2D eigenvalue weighted by molar-refractivity contribution is 5.97. The molecule has 3 aromatic carbocycles. The second kappa shape index (κ2) is 11.3. The van der Waals surface area contributed by atoms with Gasteiger partial charge in [-0.15, -0.1) is 0 Å². The summed E-state index contributed by atoms with van der Waals surface area (Å²) in [6.45, 7) is 3.68. The Kier molecular flexibility index (Phi) is 7.98. The highest BCUT2D eigenvalue weighted by Crippen LogP contribution is 2.33. The second-order valence-corrected chi connectivity index (χ2v) is 9.36. The number of carbonyl (C=O) groups excluding carboxylic acids is 2. The predicted octanol–water partition coefficient (Wildman–Crippen LogP) is 5.01. The van der Waals surface area contributed by atoms with Crippen LogP contribution in [0.15, 0.2) is 97.1 Å². The molecule has 0 saturated carbocycles. The molecule has 1 saturated heterocycles. The van der Waals surface area contributed by atoms with Crippen LogP contribution < -0.4 is 0 Å². The number of rotatable bonds is 9. The van der Waals surface area contributed by atoms with Gasteiger partial charge in [0.15, 0.2) is 6.10 Å². The lowest BCUT2D eigenvalue weighted by Crippen LogP contribution is -2.52. The fraction of sp³-hybridized carbons (Fsp3) is 0.267. The van der Waals surface area contributed by atoms with Crippen molar-refractivity contribution in [3.63, 3.8) is 0 Å². The third-order valence-corrected chi connectivity index (χ3v) is 6.28. The monoisotopic (exact) mass is 485 g/mol. The third-order valence-electron chi connectivity index (χ3n) is 6.28. The van der Waals surface area contributed by atoms with E-state index in [-0.39, 0.29) is 6.61 Å². The molecular weight excluding hydrogens is 454 g/mol. The Bertz CT molecular complexity index is 1180. The summed E-state index contributed by atoms with van der Waals surface area (Å²) >= 11 is 0. The van der Waals surface area contributed by atoms with Gasteiger partial charge in [-0.1, -0.05) is 103 Å². The number of cyclic esters (lactones) is 1. The zero-order valence-corrected chi connectivity index (χ0v) is 20.5. The van der Waals surface area contributed by atoms with Crippen LogP contribution >= 0.6 is 0 Å². The quantitative estimate of drug-likeness (QED) is 0.461. The van der Waals surface area contributed by atoms with Crippen molar-refractivity contribution in [3.05, 3.63) is 114 Å². The zero-order chi connectivity index (χ0) is 25.5. The first-order valence-corrected chi connectivity index (χ1v) is 12.0. The maximum Gasteiger partial charge on any atom is 0.417 e. The van der Waals surface area contributed by atoms with Gasteiger partial charge in [-0.25, -0.2) is 9.69 Å². The van der Waals surface area contributed by atoms with Crippen molar-refractivity contribution in [3.8, 4) is 0 Å². The minimum atomic E-state index is -1.30. The molecular formula is C30H31NO5. The van der Waals surface area contributed by atoms with Crippen LogP contribution in [-0.2, 0) is 27.3 Å². The van der Waals surface area contributed by atoms with E-state index in [0.717, 1.165) is 21.6 Å². The van der Waals surface area contributed by atoms with E-state index in [2.05, 4.69) is 0 Å². The van der Waals surface area contributed by atoms with E-state index in [9.17, 15) is 14.7 Å². The highest BCUT2D eigenvalue weighted by atomic mass is 16.6. The van der Waals surface area contributed by atoms with Gasteiger partial charge in [-0.2, -0.15) is 0 Å². The van der Waals surface area contributed by atoms with Gasteiger partial charge in [0.05, 0.1) is 12.6 Å². The molecule has 186 valence electrons. The van der Waals surface area contributed by atoms with Crippen LogP contribution in [0.1, 0.15) is 30.5 Å². The number of aliphatic hydroxyl groups is 1. The average molecular weight is 486 g/mol. The van der Waals surface area contributed by atoms with Crippen LogP contribution in [0.4, 0.5) is 4.79 Å². The number of amides is 2. The molecule has 1 N–H and O–H groups in total. The molecule has 4 rings (SSSR count). The Labute approximate surface area is 211 Å². The van der Waals surface area contributed by atoms with Gasteiger partial charge in [-0.3, -0.25) is 4.79 Å². The Balaban J connectivity index is 1.61. The van der Waals surface area contributed by atoms with E-state index in [1.54, 1.807) is 19.9 Å². The zero-order valence-electron chi connectivity index (χ0n) is 20.5. The average Bonchev–Trinajstić information content (AvgIpc) is 3.11. The first kappa shape index (κ1) is 25.4. The molecule has 6 nitrogen and oxygen atoms in total. The van der Waals surface area contributed by atoms with Gasteiger partial charge in [0.1, 0.15) is 11.7 Å². The van der Waals surface area contributed by atoms with Crippen LogP contribution in [0, 0.1) is 0 Å². The molecule has 0 unspecified atom stereocenters. The van der Waals surface area contributed by atoms with E-state index >= 15 is 0 Å². The molecule has 1 aliphatic rings. The van der Waals surface area contributed by atoms with Crippen molar-refractivity contribution in [2.24, 2.45) is 0 Å². The van der Waals surface area contributed by atoms with Crippen LogP contribution in [0.2, 0.25) is 0 Å². The summed E-state index contributed by atoms with van der Waals surface area (Å²) in [7, 11) is 0. The molecule has 3 atom stereocenters. The lowest BCUT2D eigenvalue weighted by molar-refractivity contribution is -0.149. The summed E-state index contributed by atoms with van der Waals surface area (Å²) in [5, 5.41) is 11.1. The van der Waals surface area contributed by atoms with Gasteiger partial charge < -0.3 is 14.6 Å². The van der Waals surface area contributed by atoms with Gasteiger partial charge in [0.2, 0.25) is 0 Å². The molecule has 1 fully saturated rings. The number of hydrogen-bond donors (Lipinski definition) is 1. The normalized spacial score (nSPS) is 18.7. The number of imide groups is 1. The summed E-state index contributed by atoms with van der Waals surface area (Å²) in [6.07, 6.45) is 0.345. The van der Waals surface area contributed by atoms with E-state index in [4.69, 9.17) is 9.47 Å². The summed E-state index contributed by atoms with van der Waals surface area (Å²) in [5.41, 5.74) is 1.78. The van der Waals surface area contributed by atoms with E-state index in [1.165, 1.54) is 6.08 Å². The van der Waals surface area contributed by atoms with Crippen molar-refractivity contribution in [2.75, 3.05) is 0 Å². The van der Waals surface area contributed by atoms with Gasteiger partial charge in [-0.05, 0) is 37.0 Å². The Morgan fingerprint density at radius 3 is 2.14 bits per heavy atom. The van der Waals surface area contributed by atoms with Crippen LogP contribution in [-0.4, -0.2) is 45.9 Å². The number of hydrogen-bond acceptors (Lipinski definition) is 5. The van der Waals surface area contributed by atoms with Crippen molar-refractivity contribution < 1.29 is 24.2 Å². The van der Waals surface area contributed by atoms with E-state index in [0.29, 0.717) is 6.42 Å². The molecule has 36 heavy (non-hydrogen) atoms. The van der Waals surface area contributed by atoms with Crippen LogP contribution in [0.3, 0.4) is 0 Å². The number of ether oxygens (including phenoxy) is 2. The molecule has 0 radical (unpaired) electrons. The fourth-order valence-corrected chi connectivity index (χ4v) is 4.29. The van der Waals surface area contributed by atoms with Gasteiger partial charge in [0, 0.05) is 0 Å². The molecule has 0 aromatic heterocycles. The summed E-state index contributed by atoms with van der Waals surface area (Å²) in [4.78, 5) is 27.9. The summed E-state index contributed by atoms with van der Waals surface area (Å²) < 4.78 is 11.6. The number of nitrogens with zero attached hydrogens (tertiary/aromatic N) is 1. The van der Waals surface area contributed by atoms with E-state index in [1.807, 2.05) is 91.0 Å². The topological polar surface area (TPSA) is 76.1 Å². The van der Waals surface area contributed by atoms with Crippen LogP contribution in [0.5, 0.6) is 0 Å². The van der Waals surface area contributed by atoms with Crippen molar-refractivity contribution in [2.45, 2.75) is 50.7 Å². The second-order valence-electron chi connectivity index (χ2n) is 9.36. The number of carbonyl (C=O) groups is 2. The smallest absolute Gasteiger partial charge is 0.417 e. The SMILES string of the molecule is CC1(C)OC(=O)N(C(=O)[C@@H](OCc2ccccc2)[C@H](O)/C=C/c2ccccc2)[C@H]1Cc1ccccc1. The number of aliphatic hydroxyl groups excluding tert-OH is 1. The molecule has 1 aliphatic heterocycles. The molecule has 1 heterocycles. The van der Waals surface area contributed by atoms with Gasteiger partial charge in [0.25, 0.3) is 5.91 Å². The largest absolute Gasteiger partial charge is 0.441 e. The van der Waals surface area contributed by atoms with Crippen LogP contribution in [0.25, 0.3) is 6.08 Å². The standard InChI is InChI=1S/C30H31NO5/c1-30(2)26(20-23-14-8-4-9-15-23)31(29(34)36-30)28(33)27(35-21-24-16-10-5-11-17-24)25(32)19-18-22-12-6-3-7-13-22/h3-19,25-27,32H,20-21H2,1-2H3/b19-18+/t25-,26+,27+/m1/s1. The maximum absolute atomic E-state index is 13.8. The van der Waals surface area contributed by atoms with E-state index < -0.39 is 35.9 Å². The van der Waals surface area contributed by atoms with Crippen molar-refractivity contribution in [1.82, 2.24) is 4.90 Å². The first-order chi connectivity index (χ1) is 17.3. The maximum atomic E-state index is 13.8. The molecule has 2 amide bonds. The Morgan fingerprint density at radius 2 is 1.53 bits per heavy atom. The third kappa shape index (κ3) is 6.08. The highest BCUT2D eigenvalue weighted by Gasteiger charge is 2.52. The molecule has 0 spiro atoms. The summed E-state index contributed by atoms with van der Waals surface area (Å²) in [5.74, 6) is -0.632. The molecule has 6 heteroatoms. The summed E-state index contributed by atoms with van der Waals surface area (Å²) in [6, 6.07) is 27.9. The predicted molar refractivity (Wildman–Crippen MR) is 138 cm³/mol.